The highest BCUT2D eigenvalue weighted by Gasteiger charge is 2.25. The minimum Gasteiger partial charge on any atom is -0.462 e. The third-order valence-corrected chi connectivity index (χ3v) is 9.01. The van der Waals surface area contributed by atoms with Crippen LogP contribution in [-0.4, -0.2) is 60.5 Å². The van der Waals surface area contributed by atoms with Crippen LogP contribution in [0.5, 0.6) is 0 Å². The standard InChI is InChI=1S/C45H74NO9P/c1-3-5-7-8-9-10-11-12-13-14-15-16-21-24-27-30-33-37-45(49)55-43(41-54-56(50,51)53-39-38-46)40-52-44(48)36-32-29-26-23-20-18-17-19-22-25-28-31-35-42(47)34-6-4-2/h5,7,9-10,12-13,15-18,22-23,25-26,31,35,42-43,47H,3-4,6,8,11,14,19-21,24,27-30,32-34,36-41,46H2,1-2H3,(H,50,51)/b7-5-,10-9-,13-12-,16-15-,18-17-,25-22-,26-23-,35-31-/t42-,43+/m0/s1. The average Bonchev–Trinajstić information content (AvgIpc) is 3.18. The van der Waals surface area contributed by atoms with Crippen LogP contribution < -0.4 is 5.73 Å². The van der Waals surface area contributed by atoms with Crippen LogP contribution in [0.25, 0.3) is 0 Å². The molecule has 0 fully saturated rings. The molecule has 0 aliphatic heterocycles. The Hall–Kier alpha value is -3.11. The van der Waals surface area contributed by atoms with E-state index in [-0.39, 0.29) is 38.7 Å². The summed E-state index contributed by atoms with van der Waals surface area (Å²) in [5.41, 5.74) is 5.33. The number of carbonyl (C=O) groups excluding carboxylic acids is 2. The second-order valence-electron chi connectivity index (χ2n) is 13.3. The van der Waals surface area contributed by atoms with Gasteiger partial charge in [-0.15, -0.1) is 0 Å². The van der Waals surface area contributed by atoms with Crippen LogP contribution in [0.4, 0.5) is 0 Å². The van der Waals surface area contributed by atoms with Gasteiger partial charge in [0.05, 0.1) is 19.3 Å². The quantitative estimate of drug-likeness (QED) is 0.0239. The number of unbranched alkanes of at least 4 members (excludes halogenated alkanes) is 6. The maximum Gasteiger partial charge on any atom is 0.472 e. The topological polar surface area (TPSA) is 155 Å². The van der Waals surface area contributed by atoms with Crippen molar-refractivity contribution in [3.8, 4) is 0 Å². The molecule has 0 aromatic carbocycles. The van der Waals surface area contributed by atoms with Gasteiger partial charge in [0.1, 0.15) is 6.61 Å². The number of ether oxygens (including phenoxy) is 2. The Morgan fingerprint density at radius 1 is 0.625 bits per heavy atom. The Bertz CT molecular complexity index is 1250. The number of aliphatic hydroxyl groups is 1. The largest absolute Gasteiger partial charge is 0.472 e. The van der Waals surface area contributed by atoms with Gasteiger partial charge in [-0.3, -0.25) is 18.6 Å². The third-order valence-electron chi connectivity index (χ3n) is 8.02. The first-order valence-corrected chi connectivity index (χ1v) is 22.3. The summed E-state index contributed by atoms with van der Waals surface area (Å²) in [6, 6.07) is 0. The van der Waals surface area contributed by atoms with Gasteiger partial charge >= 0.3 is 19.8 Å². The van der Waals surface area contributed by atoms with Crippen molar-refractivity contribution in [3.63, 3.8) is 0 Å². The molecule has 0 rings (SSSR count). The van der Waals surface area contributed by atoms with Gasteiger partial charge < -0.3 is 25.2 Å². The number of carbonyl (C=O) groups is 2. The number of hydrogen-bond acceptors (Lipinski definition) is 9. The smallest absolute Gasteiger partial charge is 0.462 e. The van der Waals surface area contributed by atoms with Crippen molar-refractivity contribution in [2.24, 2.45) is 5.73 Å². The molecule has 0 heterocycles. The van der Waals surface area contributed by atoms with Crippen molar-refractivity contribution in [3.05, 3.63) is 97.2 Å². The molecule has 318 valence electrons. The Balaban J connectivity index is 4.37. The Morgan fingerprint density at radius 2 is 1.14 bits per heavy atom. The van der Waals surface area contributed by atoms with Crippen LogP contribution in [0.3, 0.4) is 0 Å². The maximum atomic E-state index is 12.6. The van der Waals surface area contributed by atoms with Gasteiger partial charge in [-0.25, -0.2) is 4.57 Å². The number of aliphatic hydroxyl groups excluding tert-OH is 1. The molecule has 0 amide bonds. The van der Waals surface area contributed by atoms with Crippen molar-refractivity contribution in [2.45, 2.75) is 148 Å². The first-order valence-electron chi connectivity index (χ1n) is 20.8. The molecule has 0 aliphatic carbocycles. The van der Waals surface area contributed by atoms with Gasteiger partial charge in [0.15, 0.2) is 6.10 Å². The summed E-state index contributed by atoms with van der Waals surface area (Å²) in [4.78, 5) is 34.8. The van der Waals surface area contributed by atoms with E-state index in [2.05, 4.69) is 86.8 Å². The molecule has 4 N–H and O–H groups in total. The first kappa shape index (κ1) is 52.9. The fraction of sp³-hybridized carbons (Fsp3) is 0.600. The lowest BCUT2D eigenvalue weighted by molar-refractivity contribution is -0.161. The van der Waals surface area contributed by atoms with Crippen LogP contribution in [0.15, 0.2) is 97.2 Å². The van der Waals surface area contributed by atoms with E-state index < -0.39 is 32.5 Å². The number of esters is 2. The number of nitrogens with two attached hydrogens (primary N) is 1. The lowest BCUT2D eigenvalue weighted by Gasteiger charge is -2.19. The molecule has 0 aliphatic rings. The molecule has 0 saturated heterocycles. The molecule has 0 spiro atoms. The van der Waals surface area contributed by atoms with E-state index in [1.54, 1.807) is 0 Å². The van der Waals surface area contributed by atoms with Crippen molar-refractivity contribution in [2.75, 3.05) is 26.4 Å². The van der Waals surface area contributed by atoms with Gasteiger partial charge in [-0.2, -0.15) is 0 Å². The van der Waals surface area contributed by atoms with Crippen molar-refractivity contribution < 1.29 is 42.7 Å². The summed E-state index contributed by atoms with van der Waals surface area (Å²) in [6.45, 7) is 3.32. The van der Waals surface area contributed by atoms with Crippen LogP contribution in [0.1, 0.15) is 136 Å². The van der Waals surface area contributed by atoms with E-state index in [9.17, 15) is 24.2 Å². The Morgan fingerprint density at radius 3 is 1.71 bits per heavy atom. The molecule has 11 heteroatoms. The highest BCUT2D eigenvalue weighted by molar-refractivity contribution is 7.47. The average molecular weight is 804 g/mol. The molecular weight excluding hydrogens is 729 g/mol. The zero-order valence-electron chi connectivity index (χ0n) is 34.4. The van der Waals surface area contributed by atoms with Gasteiger partial charge in [-0.1, -0.05) is 137 Å². The fourth-order valence-corrected chi connectivity index (χ4v) is 5.69. The maximum absolute atomic E-state index is 12.6. The third kappa shape index (κ3) is 39.1. The van der Waals surface area contributed by atoms with Crippen LogP contribution in [0.2, 0.25) is 0 Å². The minimum absolute atomic E-state index is 0.0298. The molecule has 3 atom stereocenters. The predicted octanol–water partition coefficient (Wildman–Crippen LogP) is 10.8. The zero-order chi connectivity index (χ0) is 41.2. The SMILES string of the molecule is CC/C=C\C/C=C\C/C=C\C/C=C\CCCCCCC(=O)O[C@H](COC(=O)CCC/C=C\C/C=C\C/C=C\C/C=C\[C@@H](O)CCCC)COP(=O)(O)OCCN. The number of hydrogen-bond donors (Lipinski definition) is 3. The van der Waals surface area contributed by atoms with Gasteiger partial charge in [0.2, 0.25) is 0 Å². The van der Waals surface area contributed by atoms with Crippen LogP contribution in [0, 0.1) is 0 Å². The van der Waals surface area contributed by atoms with E-state index in [0.717, 1.165) is 89.9 Å². The summed E-state index contributed by atoms with van der Waals surface area (Å²) >= 11 is 0. The molecule has 0 saturated carbocycles. The second kappa shape index (κ2) is 40.1. The molecule has 0 aromatic rings. The normalized spacial score (nSPS) is 14.9. The van der Waals surface area contributed by atoms with Crippen molar-refractivity contribution in [1.29, 1.82) is 0 Å². The van der Waals surface area contributed by atoms with Crippen LogP contribution >= 0.6 is 7.82 Å². The first-order chi connectivity index (χ1) is 27.2. The summed E-state index contributed by atoms with van der Waals surface area (Å²) in [5.74, 6) is -0.957. The summed E-state index contributed by atoms with van der Waals surface area (Å²) in [7, 11) is -4.41. The van der Waals surface area contributed by atoms with E-state index >= 15 is 0 Å². The Kier molecular flexibility index (Phi) is 37.9. The van der Waals surface area contributed by atoms with E-state index in [4.69, 9.17) is 24.3 Å². The van der Waals surface area contributed by atoms with E-state index in [1.807, 2.05) is 24.3 Å². The number of rotatable bonds is 37. The van der Waals surface area contributed by atoms with Crippen LogP contribution in [-0.2, 0) is 32.7 Å². The lowest BCUT2D eigenvalue weighted by Crippen LogP contribution is -2.29. The minimum atomic E-state index is -4.41. The van der Waals surface area contributed by atoms with Crippen molar-refractivity contribution >= 4 is 19.8 Å². The summed E-state index contributed by atoms with van der Waals surface area (Å²) in [6.07, 6.45) is 47.8. The second-order valence-corrected chi connectivity index (χ2v) is 14.7. The highest BCUT2D eigenvalue weighted by atomic mass is 31.2. The van der Waals surface area contributed by atoms with Gasteiger partial charge in [-0.05, 0) is 83.5 Å². The molecule has 56 heavy (non-hydrogen) atoms. The Labute approximate surface area is 339 Å². The zero-order valence-corrected chi connectivity index (χ0v) is 35.3. The van der Waals surface area contributed by atoms with Crippen molar-refractivity contribution in [1.82, 2.24) is 0 Å². The van der Waals surface area contributed by atoms with Gasteiger partial charge in [0, 0.05) is 19.4 Å². The van der Waals surface area contributed by atoms with E-state index in [1.165, 1.54) is 0 Å². The highest BCUT2D eigenvalue weighted by Crippen LogP contribution is 2.43. The molecular formula is C45H74NO9P. The summed E-state index contributed by atoms with van der Waals surface area (Å²) in [5, 5.41) is 9.80. The van der Waals surface area contributed by atoms with Gasteiger partial charge in [0.25, 0.3) is 0 Å². The molecule has 0 radical (unpaired) electrons. The number of phosphoric ester groups is 1. The molecule has 0 bridgehead atoms. The number of allylic oxidation sites excluding steroid dienone is 15. The molecule has 0 aromatic heterocycles. The molecule has 1 unspecified atom stereocenters. The lowest BCUT2D eigenvalue weighted by atomic mass is 10.1. The predicted molar refractivity (Wildman–Crippen MR) is 230 cm³/mol. The van der Waals surface area contributed by atoms with E-state index in [0.29, 0.717) is 19.3 Å². The fourth-order valence-electron chi connectivity index (χ4n) is 4.93. The number of phosphoric acid groups is 1. The monoisotopic (exact) mass is 804 g/mol. The molecule has 10 nitrogen and oxygen atoms in total. The summed E-state index contributed by atoms with van der Waals surface area (Å²) < 4.78 is 32.6.